The van der Waals surface area contributed by atoms with Crippen molar-refractivity contribution in [3.63, 3.8) is 0 Å². The summed E-state index contributed by atoms with van der Waals surface area (Å²) in [5.74, 6) is -1.56. The number of nitrogens with one attached hydrogen (secondary N) is 1. The summed E-state index contributed by atoms with van der Waals surface area (Å²) in [6.45, 7) is 7.26. The number of unbranched alkanes of at least 4 members (excludes halogenated alkanes) is 2. The van der Waals surface area contributed by atoms with Crippen LogP contribution in [0.3, 0.4) is 0 Å². The molecule has 2 aliphatic heterocycles. The third kappa shape index (κ3) is 15.5. The molecule has 0 saturated heterocycles. The number of fused-ring (bicyclic) bond motifs is 1. The number of hydrogen-bond acceptors (Lipinski definition) is 12. The smallest absolute Gasteiger partial charge is 0.294 e. The molecule has 0 fully saturated rings. The van der Waals surface area contributed by atoms with E-state index in [0.29, 0.717) is 73.7 Å². The maximum atomic E-state index is 12.4. The molecule has 0 bridgehead atoms. The molecule has 2 unspecified atom stereocenters. The summed E-state index contributed by atoms with van der Waals surface area (Å²) in [5, 5.41) is 9.09. The van der Waals surface area contributed by atoms with E-state index in [1.165, 1.54) is 12.1 Å². The number of rotatable bonds is 25. The molecule has 60 heavy (non-hydrogen) atoms. The Bertz CT molecular complexity index is 2320. The van der Waals surface area contributed by atoms with Crippen LogP contribution in [-0.2, 0) is 50.7 Å². The van der Waals surface area contributed by atoms with E-state index in [0.717, 1.165) is 0 Å². The Labute approximate surface area is 355 Å². The van der Waals surface area contributed by atoms with E-state index in [4.69, 9.17) is 0 Å². The van der Waals surface area contributed by atoms with Crippen LogP contribution in [0.4, 0.5) is 5.69 Å². The van der Waals surface area contributed by atoms with Gasteiger partial charge in [0.15, 0.2) is 5.71 Å². The summed E-state index contributed by atoms with van der Waals surface area (Å²) in [4.78, 5) is 14.0. The van der Waals surface area contributed by atoms with Gasteiger partial charge in [0.1, 0.15) is 6.54 Å². The SMILES string of the molecule is CC1=NN(CCCS(=O)(=O)O)\C(=C/C=C/C=C/C2=[N+](CCCCCC(=O)NCCN(C)C)c3ccc(S(=O)(=O)O)cc3C2(C)CCCS(=O)(=O)O)C1(C)CCCS(=O)(=O)O. The van der Waals surface area contributed by atoms with Crippen LogP contribution in [0.2, 0.25) is 0 Å². The molecule has 22 heteroatoms. The largest absolute Gasteiger partial charge is 0.355 e. The first kappa shape index (κ1) is 51.0. The second kappa shape index (κ2) is 21.1. The molecule has 338 valence electrons. The Morgan fingerprint density at radius 2 is 1.42 bits per heavy atom. The van der Waals surface area contributed by atoms with Crippen molar-refractivity contribution >= 4 is 63.5 Å². The van der Waals surface area contributed by atoms with Crippen molar-refractivity contribution in [1.82, 2.24) is 15.2 Å². The first-order valence-electron chi connectivity index (χ1n) is 19.6. The normalized spacial score (nSPS) is 20.9. The number of likely N-dealkylation sites (N-methyl/N-ethyl adjacent to an activating group) is 1. The first-order chi connectivity index (χ1) is 27.7. The van der Waals surface area contributed by atoms with E-state index in [1.807, 2.05) is 37.4 Å². The molecule has 2 heterocycles. The third-order valence-electron chi connectivity index (χ3n) is 10.7. The summed E-state index contributed by atoms with van der Waals surface area (Å²) in [7, 11) is -13.6. The van der Waals surface area contributed by atoms with E-state index in [9.17, 15) is 56.7 Å². The van der Waals surface area contributed by atoms with Gasteiger partial charge in [-0.25, -0.2) is 0 Å². The predicted molar refractivity (Wildman–Crippen MR) is 230 cm³/mol. The molecule has 0 saturated carbocycles. The van der Waals surface area contributed by atoms with Crippen LogP contribution in [0.5, 0.6) is 0 Å². The van der Waals surface area contributed by atoms with Gasteiger partial charge in [-0.3, -0.25) is 28.0 Å². The van der Waals surface area contributed by atoms with Gasteiger partial charge in [-0.1, -0.05) is 18.2 Å². The number of allylic oxidation sites excluding steroid dienone is 6. The van der Waals surface area contributed by atoms with Crippen molar-refractivity contribution in [2.45, 2.75) is 88.9 Å². The fraction of sp³-hybridized carbons (Fsp3) is 0.605. The summed E-state index contributed by atoms with van der Waals surface area (Å²) in [6.07, 6.45) is 11.6. The maximum absolute atomic E-state index is 12.4. The standard InChI is InChI=1S/C38H59N5O13S4/c1-30-37(2,20-12-26-57(45,46)47)35(43(40-30)24-14-28-59(51,52)53)16-9-6-8-15-34-38(3,21-13-27-58(48,49)50)32-29-31(60(54,55)56)18-19-33(32)42(34)23-11-7-10-17-36(44)39-22-25-41(4)5/h6,8-9,15-16,18-19,29H,7,10-14,17,20-28H2,1-5H3,(H4-,39,44,45,46,47,48,49,50,51,52,53,54,55,56)/p+1. The average Bonchev–Trinajstić information content (AvgIpc) is 3.47. The monoisotopic (exact) mass is 922 g/mol. The van der Waals surface area contributed by atoms with E-state index in [2.05, 4.69) is 10.4 Å². The molecule has 3 rings (SSSR count). The van der Waals surface area contributed by atoms with Crippen molar-refractivity contribution in [3.8, 4) is 0 Å². The van der Waals surface area contributed by atoms with Crippen molar-refractivity contribution in [3.05, 3.63) is 59.8 Å². The van der Waals surface area contributed by atoms with Gasteiger partial charge in [0.05, 0.1) is 27.6 Å². The number of nitrogens with zero attached hydrogens (tertiary/aromatic N) is 4. The highest BCUT2D eigenvalue weighted by Gasteiger charge is 2.48. The van der Waals surface area contributed by atoms with Crippen LogP contribution in [0.1, 0.15) is 84.1 Å². The predicted octanol–water partition coefficient (Wildman–Crippen LogP) is 3.84. The molecular weight excluding hydrogens is 863 g/mol. The zero-order valence-corrected chi connectivity index (χ0v) is 38.1. The van der Waals surface area contributed by atoms with E-state index in [1.54, 1.807) is 48.4 Å². The van der Waals surface area contributed by atoms with E-state index >= 15 is 0 Å². The van der Waals surface area contributed by atoms with Crippen LogP contribution < -0.4 is 5.32 Å². The molecule has 1 amide bonds. The number of hydrazone groups is 1. The minimum Gasteiger partial charge on any atom is -0.355 e. The van der Waals surface area contributed by atoms with E-state index < -0.39 is 68.6 Å². The number of hydrogen-bond donors (Lipinski definition) is 5. The molecule has 2 aliphatic rings. The molecule has 0 spiro atoms. The second-order valence-electron chi connectivity index (χ2n) is 15.8. The number of amides is 1. The highest BCUT2D eigenvalue weighted by Crippen LogP contribution is 2.45. The molecule has 5 N–H and O–H groups in total. The van der Waals surface area contributed by atoms with E-state index in [-0.39, 0.29) is 49.5 Å². The summed E-state index contributed by atoms with van der Waals surface area (Å²) in [5.41, 5.74) is 1.31. The Kier molecular flexibility index (Phi) is 18.0. The quantitative estimate of drug-likeness (QED) is 0.0404. The Morgan fingerprint density at radius 1 is 0.817 bits per heavy atom. The molecular formula is C38H60N5O13S4+. The third-order valence-corrected chi connectivity index (χ3v) is 14.0. The number of carbonyl (C=O) groups excluding carboxylic acids is 1. The van der Waals surface area contributed by atoms with Gasteiger partial charge in [0, 0.05) is 67.0 Å². The lowest BCUT2D eigenvalue weighted by Gasteiger charge is -2.29. The average molecular weight is 923 g/mol. The van der Waals surface area contributed by atoms with Crippen LogP contribution in [0.25, 0.3) is 0 Å². The maximum Gasteiger partial charge on any atom is 0.294 e. The summed E-state index contributed by atoms with van der Waals surface area (Å²) < 4.78 is 134. The molecule has 1 aromatic rings. The molecule has 0 aliphatic carbocycles. The van der Waals surface area contributed by atoms with Crippen LogP contribution in [0.15, 0.2) is 64.3 Å². The lowest BCUT2D eigenvalue weighted by atomic mass is 9.76. The lowest BCUT2D eigenvalue weighted by Crippen LogP contribution is -2.32. The van der Waals surface area contributed by atoms with Gasteiger partial charge >= 0.3 is 0 Å². The van der Waals surface area contributed by atoms with Crippen molar-refractivity contribution in [2.24, 2.45) is 10.5 Å². The van der Waals surface area contributed by atoms with Gasteiger partial charge in [0.2, 0.25) is 11.6 Å². The fourth-order valence-electron chi connectivity index (χ4n) is 7.47. The van der Waals surface area contributed by atoms with Crippen molar-refractivity contribution in [2.75, 3.05) is 57.5 Å². The van der Waals surface area contributed by atoms with Gasteiger partial charge in [-0.15, -0.1) is 0 Å². The Balaban J connectivity index is 2.02. The van der Waals surface area contributed by atoms with Crippen LogP contribution in [-0.4, -0.2) is 141 Å². The van der Waals surface area contributed by atoms with Crippen LogP contribution >= 0.6 is 0 Å². The van der Waals surface area contributed by atoms with Crippen LogP contribution in [0, 0.1) is 5.41 Å². The summed E-state index contributed by atoms with van der Waals surface area (Å²) in [6, 6.07) is 4.24. The van der Waals surface area contributed by atoms with Gasteiger partial charge in [-0.05, 0) is 98.0 Å². The first-order valence-corrected chi connectivity index (χ1v) is 25.9. The van der Waals surface area contributed by atoms with Gasteiger partial charge in [0.25, 0.3) is 40.5 Å². The highest BCUT2D eigenvalue weighted by molar-refractivity contribution is 7.86. The number of carbonyl (C=O) groups is 1. The molecule has 2 atom stereocenters. The Hall–Kier alpha value is -3.35. The van der Waals surface area contributed by atoms with Crippen molar-refractivity contribution in [1.29, 1.82) is 0 Å². The Morgan fingerprint density at radius 3 is 2.00 bits per heavy atom. The summed E-state index contributed by atoms with van der Waals surface area (Å²) >= 11 is 0. The lowest BCUT2D eigenvalue weighted by molar-refractivity contribution is -0.438. The minimum absolute atomic E-state index is 0.0177. The second-order valence-corrected chi connectivity index (χ2v) is 22.0. The zero-order chi connectivity index (χ0) is 45.2. The molecule has 1 aromatic carbocycles. The molecule has 0 radical (unpaired) electrons. The molecule has 18 nitrogen and oxygen atoms in total. The highest BCUT2D eigenvalue weighted by atomic mass is 32.2. The fourth-order valence-corrected chi connectivity index (χ4v) is 9.49. The molecule has 0 aromatic heterocycles. The van der Waals surface area contributed by atoms with Gasteiger partial charge < -0.3 is 10.2 Å². The minimum atomic E-state index is -4.61. The van der Waals surface area contributed by atoms with Crippen molar-refractivity contribution < 1.29 is 61.3 Å². The topological polar surface area (TPSA) is 268 Å². The van der Waals surface area contributed by atoms with Gasteiger partial charge in [-0.2, -0.15) is 43.3 Å². The zero-order valence-electron chi connectivity index (χ0n) is 34.8. The number of benzene rings is 1.